The van der Waals surface area contributed by atoms with Crippen LogP contribution in [0, 0.1) is 11.8 Å². The first-order chi connectivity index (χ1) is 19.2. The summed E-state index contributed by atoms with van der Waals surface area (Å²) < 4.78 is 37.8. The minimum atomic E-state index is -3.64. The van der Waals surface area contributed by atoms with Gasteiger partial charge in [-0.05, 0) is 49.3 Å². The predicted molar refractivity (Wildman–Crippen MR) is 156 cm³/mol. The number of ether oxygens (including phenoxy) is 1. The zero-order valence-electron chi connectivity index (χ0n) is 23.4. The summed E-state index contributed by atoms with van der Waals surface area (Å²) in [6, 6.07) is 12.0. The van der Waals surface area contributed by atoms with Crippen molar-refractivity contribution in [1.29, 1.82) is 0 Å². The molecule has 12 heteroatoms. The smallest absolute Gasteiger partial charge is 0.249 e. The Morgan fingerprint density at radius 3 is 2.65 bits per heavy atom. The lowest BCUT2D eigenvalue weighted by atomic mass is 9.85. The number of nitrogens with zero attached hydrogens (tertiary/aromatic N) is 5. The molecule has 216 valence electrons. The number of piperidine rings is 1. The van der Waals surface area contributed by atoms with Crippen molar-refractivity contribution in [1.82, 2.24) is 20.5 Å². The lowest BCUT2D eigenvalue weighted by Crippen LogP contribution is -2.33. The summed E-state index contributed by atoms with van der Waals surface area (Å²) in [5.74, 6) is 2.74. The highest BCUT2D eigenvalue weighted by Gasteiger charge is 2.36. The lowest BCUT2D eigenvalue weighted by Gasteiger charge is -2.30. The van der Waals surface area contributed by atoms with Gasteiger partial charge in [0.2, 0.25) is 21.8 Å². The van der Waals surface area contributed by atoms with Crippen LogP contribution in [0.25, 0.3) is 11.5 Å². The van der Waals surface area contributed by atoms with Gasteiger partial charge in [-0.15, -0.1) is 10.2 Å². The average molecular weight is 589 g/mol. The summed E-state index contributed by atoms with van der Waals surface area (Å²) in [5.41, 5.74) is 1.65. The van der Waals surface area contributed by atoms with Gasteiger partial charge in [0.05, 0.1) is 29.5 Å². The molecule has 1 N–H and O–H groups in total. The predicted octanol–water partition coefficient (Wildman–Crippen LogP) is 4.50. The number of hydrogen-bond acceptors (Lipinski definition) is 9. The molecule has 1 aromatic carbocycles. The highest BCUT2D eigenvalue weighted by molar-refractivity contribution is 7.92. The van der Waals surface area contributed by atoms with E-state index in [0.717, 1.165) is 42.9 Å². The molecule has 1 saturated carbocycles. The molecule has 1 saturated heterocycles. The molecular formula is C28H37ClN6O4S. The summed E-state index contributed by atoms with van der Waals surface area (Å²) in [4.78, 5) is 6.83. The minimum absolute atomic E-state index is 0.112. The molecule has 0 bridgehead atoms. The molecule has 5 rings (SSSR count). The number of aromatic nitrogens is 3. The first-order valence-corrected chi connectivity index (χ1v) is 15.9. The molecule has 40 heavy (non-hydrogen) atoms. The maximum Gasteiger partial charge on any atom is 0.249 e. The number of methoxy groups -OCH3 is 1. The van der Waals surface area contributed by atoms with Crippen LogP contribution >= 0.6 is 11.6 Å². The fourth-order valence-corrected chi connectivity index (χ4v) is 6.10. The molecular weight excluding hydrogens is 552 g/mol. The van der Waals surface area contributed by atoms with Gasteiger partial charge in [0.1, 0.15) is 5.82 Å². The van der Waals surface area contributed by atoms with Crippen LogP contribution in [0.2, 0.25) is 5.02 Å². The van der Waals surface area contributed by atoms with Crippen LogP contribution in [-0.4, -0.2) is 70.3 Å². The van der Waals surface area contributed by atoms with Gasteiger partial charge in [-0.3, -0.25) is 4.31 Å². The van der Waals surface area contributed by atoms with Gasteiger partial charge in [0.25, 0.3) is 0 Å². The second-order valence-corrected chi connectivity index (χ2v) is 13.2. The second kappa shape index (κ2) is 12.0. The highest BCUT2D eigenvalue weighted by atomic mass is 35.5. The Morgan fingerprint density at radius 2 is 1.98 bits per heavy atom. The minimum Gasteiger partial charge on any atom is -0.419 e. The van der Waals surface area contributed by atoms with Crippen molar-refractivity contribution >= 4 is 33.3 Å². The van der Waals surface area contributed by atoms with Gasteiger partial charge < -0.3 is 19.4 Å². The topological polar surface area (TPSA) is 114 Å². The monoisotopic (exact) mass is 588 g/mol. The normalized spacial score (nSPS) is 22.7. The fourth-order valence-electron chi connectivity index (χ4n) is 5.30. The van der Waals surface area contributed by atoms with Crippen molar-refractivity contribution in [3.8, 4) is 11.5 Å². The van der Waals surface area contributed by atoms with Crippen molar-refractivity contribution in [2.75, 3.05) is 55.9 Å². The molecule has 0 amide bonds. The lowest BCUT2D eigenvalue weighted by molar-refractivity contribution is 0.204. The maximum absolute atomic E-state index is 12.5. The molecule has 3 aromatic rings. The summed E-state index contributed by atoms with van der Waals surface area (Å²) in [6.07, 6.45) is 4.31. The fraction of sp³-hybridized carbons (Fsp3) is 0.536. The molecule has 0 unspecified atom stereocenters. The van der Waals surface area contributed by atoms with Crippen LogP contribution < -0.4 is 14.5 Å². The summed E-state index contributed by atoms with van der Waals surface area (Å²) in [6.45, 7) is 4.95. The molecule has 4 atom stereocenters. The Bertz CT molecular complexity index is 1420. The SMILES string of the molecule is COCCN(C[C@H]1C[C@@H]1C)c1cc(-c2nnc([C@H]3NCCC[C@H]3c3ccccc3)o2)c(Cl)c(N(C)S(C)(=O)=O)n1. The van der Waals surface area contributed by atoms with Crippen molar-refractivity contribution < 1.29 is 17.6 Å². The van der Waals surface area contributed by atoms with E-state index >= 15 is 0 Å². The third-order valence-corrected chi connectivity index (χ3v) is 9.51. The van der Waals surface area contributed by atoms with Crippen LogP contribution in [-0.2, 0) is 14.8 Å². The number of hydrogen-bond donors (Lipinski definition) is 1. The number of benzene rings is 1. The molecule has 1 aliphatic heterocycles. The van der Waals surface area contributed by atoms with E-state index in [4.69, 9.17) is 25.7 Å². The van der Waals surface area contributed by atoms with Crippen LogP contribution in [0.5, 0.6) is 0 Å². The van der Waals surface area contributed by atoms with E-state index in [1.807, 2.05) is 24.3 Å². The highest BCUT2D eigenvalue weighted by Crippen LogP contribution is 2.42. The van der Waals surface area contributed by atoms with Gasteiger partial charge in [-0.25, -0.2) is 13.4 Å². The number of nitrogens with one attached hydrogen (secondary N) is 1. The van der Waals surface area contributed by atoms with E-state index in [2.05, 4.69) is 39.5 Å². The molecule has 2 aromatic heterocycles. The third-order valence-electron chi connectivity index (χ3n) is 7.97. The number of halogens is 1. The van der Waals surface area contributed by atoms with Gasteiger partial charge in [0.15, 0.2) is 5.82 Å². The number of anilines is 2. The first-order valence-electron chi connectivity index (χ1n) is 13.7. The molecule has 1 aliphatic carbocycles. The molecule has 10 nitrogen and oxygen atoms in total. The van der Waals surface area contributed by atoms with E-state index < -0.39 is 10.0 Å². The van der Waals surface area contributed by atoms with Crippen LogP contribution in [0.15, 0.2) is 40.8 Å². The molecule has 2 fully saturated rings. The van der Waals surface area contributed by atoms with Crippen molar-refractivity contribution in [3.05, 3.63) is 52.9 Å². The number of pyridine rings is 1. The van der Waals surface area contributed by atoms with E-state index in [1.165, 1.54) is 12.6 Å². The van der Waals surface area contributed by atoms with Gasteiger partial charge in [-0.1, -0.05) is 48.9 Å². The standard InChI is InChI=1S/C28H37ClN6O4S/c1-18-15-20(18)17-35(13-14-38-3)23-16-22(24(29)26(31-23)34(2)40(4,36)37)27-32-33-28(39-27)25-21(11-8-12-30-25)19-9-6-5-7-10-19/h5-7,9-10,16,18,20-21,25,30H,8,11-15,17H2,1-4H3/t18-,20+,21-,25-/m0/s1. The van der Waals surface area contributed by atoms with Crippen molar-refractivity contribution in [2.24, 2.45) is 11.8 Å². The van der Waals surface area contributed by atoms with Gasteiger partial charge in [0, 0.05) is 33.2 Å². The molecule has 3 heterocycles. The number of rotatable bonds is 11. The first kappa shape index (κ1) is 28.8. The Balaban J connectivity index is 1.55. The Morgan fingerprint density at radius 1 is 1.23 bits per heavy atom. The summed E-state index contributed by atoms with van der Waals surface area (Å²) >= 11 is 6.83. The second-order valence-electron chi connectivity index (χ2n) is 10.8. The van der Waals surface area contributed by atoms with Gasteiger partial charge in [-0.2, -0.15) is 0 Å². The van der Waals surface area contributed by atoms with Crippen LogP contribution in [0.1, 0.15) is 49.6 Å². The van der Waals surface area contributed by atoms with Crippen LogP contribution in [0.4, 0.5) is 11.6 Å². The van der Waals surface area contributed by atoms with E-state index in [-0.39, 0.29) is 28.7 Å². The van der Waals surface area contributed by atoms with E-state index in [9.17, 15) is 8.42 Å². The van der Waals surface area contributed by atoms with Gasteiger partial charge >= 0.3 is 0 Å². The quantitative estimate of drug-likeness (QED) is 0.346. The summed E-state index contributed by atoms with van der Waals surface area (Å²) in [7, 11) is -0.544. The molecule has 2 aliphatic rings. The van der Waals surface area contributed by atoms with Crippen molar-refractivity contribution in [3.63, 3.8) is 0 Å². The summed E-state index contributed by atoms with van der Waals surface area (Å²) in [5, 5.41) is 12.5. The zero-order chi connectivity index (χ0) is 28.4. The Hall–Kier alpha value is -2.73. The molecule has 0 radical (unpaired) electrons. The number of sulfonamides is 1. The third kappa shape index (κ3) is 6.27. The average Bonchev–Trinajstić information content (AvgIpc) is 3.42. The van der Waals surface area contributed by atoms with Crippen LogP contribution in [0.3, 0.4) is 0 Å². The van der Waals surface area contributed by atoms with Crippen molar-refractivity contribution in [2.45, 2.75) is 38.1 Å². The van der Waals surface area contributed by atoms with E-state index in [1.54, 1.807) is 7.11 Å². The Kier molecular flexibility index (Phi) is 8.65. The Labute approximate surface area is 241 Å². The largest absolute Gasteiger partial charge is 0.419 e. The zero-order valence-corrected chi connectivity index (χ0v) is 25.0. The van der Waals surface area contributed by atoms with E-state index in [0.29, 0.717) is 42.3 Å². The maximum atomic E-state index is 12.5. The molecule has 0 spiro atoms.